The fourth-order valence-electron chi connectivity index (χ4n) is 2.47. The first kappa shape index (κ1) is 17.0. The van der Waals surface area contributed by atoms with E-state index in [2.05, 4.69) is 15.6 Å². The van der Waals surface area contributed by atoms with Crippen molar-refractivity contribution in [2.75, 3.05) is 31.6 Å². The minimum Gasteiger partial charge on any atom is -0.486 e. The number of pyridine rings is 1. The van der Waals surface area contributed by atoms with Gasteiger partial charge in [-0.25, -0.2) is 4.98 Å². The number of fused-ring (bicyclic) bond motifs is 1. The summed E-state index contributed by atoms with van der Waals surface area (Å²) in [7, 11) is 0. The van der Waals surface area contributed by atoms with Crippen LogP contribution in [0.5, 0.6) is 11.5 Å². The monoisotopic (exact) mass is 343 g/mol. The zero-order valence-corrected chi connectivity index (χ0v) is 13.8. The summed E-state index contributed by atoms with van der Waals surface area (Å²) in [6.07, 6.45) is 2.08. The van der Waals surface area contributed by atoms with Gasteiger partial charge < -0.3 is 25.2 Å². The van der Waals surface area contributed by atoms with Gasteiger partial charge in [-0.2, -0.15) is 0 Å². The Bertz CT molecular complexity index is 706. The summed E-state index contributed by atoms with van der Waals surface area (Å²) in [6, 6.07) is 11.0. The molecule has 0 bridgehead atoms. The Morgan fingerprint density at radius 1 is 1.20 bits per heavy atom. The first-order valence-electron chi connectivity index (χ1n) is 8.24. The van der Waals surface area contributed by atoms with Crippen LogP contribution in [0.25, 0.3) is 0 Å². The highest BCUT2D eigenvalue weighted by atomic mass is 16.6. The number of ether oxygens (including phenoxy) is 2. The number of aliphatic hydroxyl groups is 1. The molecule has 1 aromatic carbocycles. The number of aromatic nitrogens is 1. The standard InChI is InChI=1S/C18H21N3O4/c22-10-9-19-17-6-5-13(11-21-17)18(23)20-8-7-14-12-24-15-3-1-2-4-16(15)25-14/h1-6,11,14,22H,7-10,12H2,(H,19,21)(H,20,23). The van der Waals surface area contributed by atoms with Gasteiger partial charge in [-0.1, -0.05) is 12.1 Å². The molecule has 0 fully saturated rings. The number of carbonyl (C=O) groups is 1. The molecule has 3 N–H and O–H groups in total. The van der Waals surface area contributed by atoms with Gasteiger partial charge in [0.2, 0.25) is 0 Å². The topological polar surface area (TPSA) is 92.7 Å². The van der Waals surface area contributed by atoms with Crippen LogP contribution in [-0.2, 0) is 0 Å². The number of hydrogen-bond acceptors (Lipinski definition) is 6. The number of nitrogens with one attached hydrogen (secondary N) is 2. The molecule has 0 radical (unpaired) electrons. The van der Waals surface area contributed by atoms with Crippen LogP contribution in [0.1, 0.15) is 16.8 Å². The van der Waals surface area contributed by atoms with Crippen LogP contribution in [0.4, 0.5) is 5.82 Å². The first-order chi connectivity index (χ1) is 12.3. The predicted molar refractivity (Wildman–Crippen MR) is 93.1 cm³/mol. The summed E-state index contributed by atoms with van der Waals surface area (Å²) in [4.78, 5) is 16.3. The van der Waals surface area contributed by atoms with Gasteiger partial charge in [0.25, 0.3) is 5.91 Å². The van der Waals surface area contributed by atoms with Crippen molar-refractivity contribution in [3.05, 3.63) is 48.2 Å². The predicted octanol–water partition coefficient (Wildman–Crippen LogP) is 1.45. The lowest BCUT2D eigenvalue weighted by Gasteiger charge is -2.26. The maximum Gasteiger partial charge on any atom is 0.252 e. The number of benzene rings is 1. The molecule has 2 heterocycles. The molecule has 132 valence electrons. The second kappa shape index (κ2) is 8.34. The molecule has 1 unspecified atom stereocenters. The number of aliphatic hydroxyl groups excluding tert-OH is 1. The van der Waals surface area contributed by atoms with Crippen molar-refractivity contribution in [1.82, 2.24) is 10.3 Å². The molecule has 0 saturated heterocycles. The number of anilines is 1. The van der Waals surface area contributed by atoms with E-state index in [1.807, 2.05) is 24.3 Å². The molecule has 0 spiro atoms. The molecule has 7 heteroatoms. The molecular formula is C18H21N3O4. The quantitative estimate of drug-likeness (QED) is 0.705. The maximum atomic E-state index is 12.1. The van der Waals surface area contributed by atoms with Crippen molar-refractivity contribution < 1.29 is 19.4 Å². The summed E-state index contributed by atoms with van der Waals surface area (Å²) >= 11 is 0. The Kier molecular flexibility index (Phi) is 5.69. The first-order valence-corrected chi connectivity index (χ1v) is 8.24. The minimum atomic E-state index is -0.182. The van der Waals surface area contributed by atoms with Crippen molar-refractivity contribution >= 4 is 11.7 Å². The highest BCUT2D eigenvalue weighted by molar-refractivity contribution is 5.94. The van der Waals surface area contributed by atoms with Crippen LogP contribution in [-0.4, -0.2) is 48.4 Å². The Morgan fingerprint density at radius 3 is 2.80 bits per heavy atom. The highest BCUT2D eigenvalue weighted by Crippen LogP contribution is 2.31. The van der Waals surface area contributed by atoms with E-state index in [0.717, 1.165) is 11.5 Å². The molecule has 1 aliphatic rings. The van der Waals surface area contributed by atoms with E-state index >= 15 is 0 Å². The number of nitrogens with zero attached hydrogens (tertiary/aromatic N) is 1. The average Bonchev–Trinajstić information content (AvgIpc) is 2.66. The number of hydrogen-bond donors (Lipinski definition) is 3. The van der Waals surface area contributed by atoms with Gasteiger partial charge in [0.1, 0.15) is 18.5 Å². The molecular weight excluding hydrogens is 322 g/mol. The average molecular weight is 343 g/mol. The minimum absolute atomic E-state index is 0.0291. The van der Waals surface area contributed by atoms with Crippen molar-refractivity contribution in [2.24, 2.45) is 0 Å². The van der Waals surface area contributed by atoms with E-state index in [9.17, 15) is 4.79 Å². The van der Waals surface area contributed by atoms with Gasteiger partial charge in [0.05, 0.1) is 12.2 Å². The molecule has 0 aliphatic carbocycles. The lowest BCUT2D eigenvalue weighted by Crippen LogP contribution is -2.34. The summed E-state index contributed by atoms with van der Waals surface area (Å²) in [5.74, 6) is 1.93. The van der Waals surface area contributed by atoms with Crippen molar-refractivity contribution in [1.29, 1.82) is 0 Å². The van der Waals surface area contributed by atoms with Crippen LogP contribution in [0, 0.1) is 0 Å². The normalized spacial score (nSPS) is 15.5. The van der Waals surface area contributed by atoms with E-state index in [4.69, 9.17) is 14.6 Å². The van der Waals surface area contributed by atoms with E-state index in [0.29, 0.717) is 37.5 Å². The third-order valence-electron chi connectivity index (χ3n) is 3.76. The van der Waals surface area contributed by atoms with E-state index < -0.39 is 0 Å². The molecule has 0 saturated carbocycles. The number of rotatable bonds is 7. The second-order valence-electron chi connectivity index (χ2n) is 5.62. The van der Waals surface area contributed by atoms with Gasteiger partial charge in [0, 0.05) is 25.7 Å². The van der Waals surface area contributed by atoms with Gasteiger partial charge in [-0.15, -0.1) is 0 Å². The summed E-state index contributed by atoms with van der Waals surface area (Å²) in [6.45, 7) is 1.41. The second-order valence-corrected chi connectivity index (χ2v) is 5.62. The van der Waals surface area contributed by atoms with E-state index in [1.54, 1.807) is 12.1 Å². The van der Waals surface area contributed by atoms with Crippen LogP contribution in [0.3, 0.4) is 0 Å². The Morgan fingerprint density at radius 2 is 2.04 bits per heavy atom. The van der Waals surface area contributed by atoms with Gasteiger partial charge >= 0.3 is 0 Å². The summed E-state index contributed by atoms with van der Waals surface area (Å²) < 4.78 is 11.5. The fraction of sp³-hybridized carbons (Fsp3) is 0.333. The largest absolute Gasteiger partial charge is 0.486 e. The van der Waals surface area contributed by atoms with Crippen LogP contribution in [0.15, 0.2) is 42.6 Å². The zero-order chi connectivity index (χ0) is 17.5. The Balaban J connectivity index is 1.44. The Labute approximate surface area is 146 Å². The molecule has 1 amide bonds. The lowest BCUT2D eigenvalue weighted by molar-refractivity contribution is 0.0812. The molecule has 3 rings (SSSR count). The molecule has 2 aromatic rings. The van der Waals surface area contributed by atoms with Gasteiger partial charge in [-0.3, -0.25) is 4.79 Å². The SMILES string of the molecule is O=C(NCCC1COc2ccccc2O1)c1ccc(NCCO)nc1. The maximum absolute atomic E-state index is 12.1. The van der Waals surface area contributed by atoms with Crippen LogP contribution >= 0.6 is 0 Å². The molecule has 7 nitrogen and oxygen atoms in total. The van der Waals surface area contributed by atoms with E-state index in [-0.39, 0.29) is 18.6 Å². The third-order valence-corrected chi connectivity index (χ3v) is 3.76. The number of para-hydroxylation sites is 2. The van der Waals surface area contributed by atoms with Gasteiger partial charge in [-0.05, 0) is 24.3 Å². The lowest BCUT2D eigenvalue weighted by atomic mass is 10.2. The summed E-state index contributed by atoms with van der Waals surface area (Å²) in [5.41, 5.74) is 0.487. The number of amides is 1. The van der Waals surface area contributed by atoms with Crippen molar-refractivity contribution in [3.8, 4) is 11.5 Å². The van der Waals surface area contributed by atoms with E-state index in [1.165, 1.54) is 6.20 Å². The fourth-order valence-corrected chi connectivity index (χ4v) is 2.47. The number of carbonyl (C=O) groups excluding carboxylic acids is 1. The van der Waals surface area contributed by atoms with Gasteiger partial charge in [0.15, 0.2) is 11.5 Å². The highest BCUT2D eigenvalue weighted by Gasteiger charge is 2.20. The zero-order valence-electron chi connectivity index (χ0n) is 13.8. The summed E-state index contributed by atoms with van der Waals surface area (Å²) in [5, 5.41) is 14.5. The van der Waals surface area contributed by atoms with Crippen LogP contribution < -0.4 is 20.1 Å². The van der Waals surface area contributed by atoms with Crippen LogP contribution in [0.2, 0.25) is 0 Å². The third kappa shape index (κ3) is 4.60. The molecule has 1 aromatic heterocycles. The smallest absolute Gasteiger partial charge is 0.252 e. The molecule has 25 heavy (non-hydrogen) atoms. The van der Waals surface area contributed by atoms with Crippen molar-refractivity contribution in [3.63, 3.8) is 0 Å². The molecule has 1 atom stereocenters. The Hall–Kier alpha value is -2.80. The molecule has 1 aliphatic heterocycles. The van der Waals surface area contributed by atoms with Crippen molar-refractivity contribution in [2.45, 2.75) is 12.5 Å².